The second kappa shape index (κ2) is 6.86. The van der Waals surface area contributed by atoms with Crippen molar-refractivity contribution < 1.29 is 9.90 Å². The van der Waals surface area contributed by atoms with Crippen LogP contribution in [0.3, 0.4) is 0 Å². The summed E-state index contributed by atoms with van der Waals surface area (Å²) in [7, 11) is 0. The lowest BCUT2D eigenvalue weighted by Crippen LogP contribution is -2.42. The second-order valence-corrected chi connectivity index (χ2v) is 3.14. The molecule has 1 amide bonds. The summed E-state index contributed by atoms with van der Waals surface area (Å²) in [6.07, 6.45) is 1.48. The van der Waals surface area contributed by atoms with Gasteiger partial charge in [-0.1, -0.05) is 13.8 Å². The van der Waals surface area contributed by atoms with Gasteiger partial charge in [-0.3, -0.25) is 4.79 Å². The van der Waals surface area contributed by atoms with Gasteiger partial charge in [0.25, 0.3) is 0 Å². The van der Waals surface area contributed by atoms with E-state index in [1.54, 1.807) is 0 Å². The van der Waals surface area contributed by atoms with Crippen LogP contribution in [0.2, 0.25) is 0 Å². The molecule has 0 aliphatic heterocycles. The molecule has 4 nitrogen and oxygen atoms in total. The van der Waals surface area contributed by atoms with E-state index in [-0.39, 0.29) is 24.5 Å². The lowest BCUT2D eigenvalue weighted by molar-refractivity contribution is -0.125. The van der Waals surface area contributed by atoms with Crippen LogP contribution in [0.4, 0.5) is 0 Å². The molecule has 0 saturated heterocycles. The topological polar surface area (TPSA) is 75.4 Å². The molecule has 78 valence electrons. The number of nitrogens with two attached hydrogens (primary N) is 1. The highest BCUT2D eigenvalue weighted by atomic mass is 16.3. The summed E-state index contributed by atoms with van der Waals surface area (Å²) in [4.78, 5) is 11.4. The highest BCUT2D eigenvalue weighted by Gasteiger charge is 2.16. The molecule has 4 N–H and O–H groups in total. The van der Waals surface area contributed by atoms with E-state index < -0.39 is 0 Å². The van der Waals surface area contributed by atoms with E-state index >= 15 is 0 Å². The van der Waals surface area contributed by atoms with Crippen molar-refractivity contribution in [2.75, 3.05) is 13.2 Å². The average Bonchev–Trinajstić information content (AvgIpc) is 2.16. The molecule has 0 aromatic carbocycles. The molecule has 0 aromatic heterocycles. The molecule has 0 aliphatic rings. The molecular weight excluding hydrogens is 168 g/mol. The Balaban J connectivity index is 3.95. The third kappa shape index (κ3) is 4.24. The molecule has 0 aromatic rings. The maximum absolute atomic E-state index is 11.4. The Labute approximate surface area is 79.5 Å². The van der Waals surface area contributed by atoms with E-state index in [0.29, 0.717) is 6.54 Å². The van der Waals surface area contributed by atoms with Crippen LogP contribution in [0.5, 0.6) is 0 Å². The molecule has 0 saturated carbocycles. The van der Waals surface area contributed by atoms with E-state index in [9.17, 15) is 4.79 Å². The van der Waals surface area contributed by atoms with Gasteiger partial charge in [-0.25, -0.2) is 0 Å². The van der Waals surface area contributed by atoms with E-state index in [1.807, 2.05) is 13.8 Å². The van der Waals surface area contributed by atoms with Crippen molar-refractivity contribution in [2.24, 2.45) is 11.7 Å². The number of aliphatic hydroxyl groups excluding tert-OH is 1. The van der Waals surface area contributed by atoms with Crippen molar-refractivity contribution in [3.8, 4) is 0 Å². The van der Waals surface area contributed by atoms with Crippen LogP contribution in [-0.4, -0.2) is 30.2 Å². The van der Waals surface area contributed by atoms with Gasteiger partial charge in [0.05, 0.1) is 12.6 Å². The molecule has 0 fully saturated rings. The molecule has 0 bridgehead atoms. The van der Waals surface area contributed by atoms with Crippen LogP contribution in [-0.2, 0) is 4.79 Å². The largest absolute Gasteiger partial charge is 0.394 e. The van der Waals surface area contributed by atoms with Gasteiger partial charge in [-0.15, -0.1) is 0 Å². The number of hydrogen-bond donors (Lipinski definition) is 3. The minimum absolute atomic E-state index is 0.0107. The summed E-state index contributed by atoms with van der Waals surface area (Å²) < 4.78 is 0. The first-order chi connectivity index (χ1) is 6.19. The number of carbonyl (C=O) groups excluding carboxylic acids is 1. The van der Waals surface area contributed by atoms with E-state index in [0.717, 1.165) is 12.8 Å². The number of carbonyl (C=O) groups is 1. The van der Waals surface area contributed by atoms with Crippen LogP contribution in [0.15, 0.2) is 0 Å². The number of rotatable bonds is 6. The second-order valence-electron chi connectivity index (χ2n) is 3.14. The quantitative estimate of drug-likeness (QED) is 0.543. The van der Waals surface area contributed by atoms with Crippen LogP contribution < -0.4 is 11.1 Å². The third-order valence-electron chi connectivity index (χ3n) is 2.21. The van der Waals surface area contributed by atoms with Crippen molar-refractivity contribution in [1.82, 2.24) is 5.32 Å². The zero-order valence-corrected chi connectivity index (χ0v) is 8.42. The van der Waals surface area contributed by atoms with Crippen molar-refractivity contribution in [3.05, 3.63) is 0 Å². The lowest BCUT2D eigenvalue weighted by atomic mass is 10.1. The Kier molecular flexibility index (Phi) is 6.54. The first-order valence-electron chi connectivity index (χ1n) is 4.80. The fraction of sp³-hybridized carbons (Fsp3) is 0.889. The highest BCUT2D eigenvalue weighted by molar-refractivity contribution is 5.79. The fourth-order valence-electron chi connectivity index (χ4n) is 1.05. The first-order valence-corrected chi connectivity index (χ1v) is 4.80. The smallest absolute Gasteiger partial charge is 0.224 e. The Morgan fingerprint density at radius 2 is 2.08 bits per heavy atom. The molecular formula is C9H20N2O2. The van der Waals surface area contributed by atoms with Crippen molar-refractivity contribution in [3.63, 3.8) is 0 Å². The number of nitrogens with one attached hydrogen (secondary N) is 1. The van der Waals surface area contributed by atoms with E-state index in [4.69, 9.17) is 10.8 Å². The van der Waals surface area contributed by atoms with Crippen LogP contribution >= 0.6 is 0 Å². The molecule has 0 radical (unpaired) electrons. The molecule has 0 heterocycles. The minimum atomic E-state index is -0.131. The third-order valence-corrected chi connectivity index (χ3v) is 2.21. The summed E-state index contributed by atoms with van der Waals surface area (Å²) in [5, 5.41) is 11.6. The van der Waals surface area contributed by atoms with Gasteiger partial charge < -0.3 is 16.2 Å². The summed E-state index contributed by atoms with van der Waals surface area (Å²) in [6.45, 7) is 4.20. The van der Waals surface area contributed by atoms with Crippen molar-refractivity contribution in [2.45, 2.75) is 32.7 Å². The summed E-state index contributed by atoms with van der Waals surface area (Å²) in [5.41, 5.74) is 5.42. The lowest BCUT2D eigenvalue weighted by Gasteiger charge is -2.18. The van der Waals surface area contributed by atoms with Gasteiger partial charge in [0.15, 0.2) is 0 Å². The molecule has 2 atom stereocenters. The van der Waals surface area contributed by atoms with Gasteiger partial charge in [0.1, 0.15) is 0 Å². The van der Waals surface area contributed by atoms with Gasteiger partial charge >= 0.3 is 0 Å². The summed E-state index contributed by atoms with van der Waals surface area (Å²) >= 11 is 0. The summed E-state index contributed by atoms with van der Waals surface area (Å²) in [6, 6.07) is -0.131. The molecule has 13 heavy (non-hydrogen) atoms. The van der Waals surface area contributed by atoms with Gasteiger partial charge in [-0.05, 0) is 12.8 Å². The zero-order chi connectivity index (χ0) is 10.3. The normalized spacial score (nSPS) is 15.1. The van der Waals surface area contributed by atoms with Crippen LogP contribution in [0.1, 0.15) is 26.7 Å². The van der Waals surface area contributed by atoms with E-state index in [1.165, 1.54) is 0 Å². The van der Waals surface area contributed by atoms with Crippen LogP contribution in [0, 0.1) is 5.92 Å². The number of hydrogen-bond acceptors (Lipinski definition) is 3. The predicted molar refractivity (Wildman–Crippen MR) is 52.1 cm³/mol. The Hall–Kier alpha value is -0.610. The molecule has 0 spiro atoms. The Bertz CT molecular complexity index is 143. The highest BCUT2D eigenvalue weighted by Crippen LogP contribution is 2.01. The van der Waals surface area contributed by atoms with Crippen LogP contribution in [0.25, 0.3) is 0 Å². The molecule has 4 heteroatoms. The monoisotopic (exact) mass is 188 g/mol. The molecule has 1 unspecified atom stereocenters. The maximum Gasteiger partial charge on any atom is 0.224 e. The molecule has 0 rings (SSSR count). The van der Waals surface area contributed by atoms with Crippen molar-refractivity contribution in [1.29, 1.82) is 0 Å². The number of amides is 1. The minimum Gasteiger partial charge on any atom is -0.394 e. The Morgan fingerprint density at radius 1 is 1.46 bits per heavy atom. The molecule has 0 aliphatic carbocycles. The van der Waals surface area contributed by atoms with Crippen molar-refractivity contribution >= 4 is 5.91 Å². The SMILES string of the molecule is CCC(CN)C(=O)N[C@H](CC)CO. The maximum atomic E-state index is 11.4. The summed E-state index contributed by atoms with van der Waals surface area (Å²) in [5.74, 6) is -0.175. The van der Waals surface area contributed by atoms with Gasteiger partial charge in [-0.2, -0.15) is 0 Å². The fourth-order valence-corrected chi connectivity index (χ4v) is 1.05. The van der Waals surface area contributed by atoms with Gasteiger partial charge in [0, 0.05) is 12.5 Å². The van der Waals surface area contributed by atoms with Gasteiger partial charge in [0.2, 0.25) is 5.91 Å². The first kappa shape index (κ1) is 12.4. The zero-order valence-electron chi connectivity index (χ0n) is 8.42. The van der Waals surface area contributed by atoms with E-state index in [2.05, 4.69) is 5.32 Å². The number of aliphatic hydroxyl groups is 1. The Morgan fingerprint density at radius 3 is 2.38 bits per heavy atom. The predicted octanol–water partition coefficient (Wildman–Crippen LogP) is -0.142. The standard InChI is InChI=1S/C9H20N2O2/c1-3-7(5-10)9(13)11-8(4-2)6-12/h7-8,12H,3-6,10H2,1-2H3,(H,11,13)/t7?,8-/m1/s1. The average molecular weight is 188 g/mol.